The molecule has 3 rings (SSSR count). The highest BCUT2D eigenvalue weighted by Crippen LogP contribution is 2.35. The summed E-state index contributed by atoms with van der Waals surface area (Å²) in [6.45, 7) is 18.2. The number of fused-ring (bicyclic) bond motifs is 2. The molecule has 1 aliphatic heterocycles. The minimum absolute atomic E-state index is 0.533. The highest BCUT2D eigenvalue weighted by molar-refractivity contribution is 5.78. The van der Waals surface area contributed by atoms with Crippen LogP contribution in [0, 0.1) is 6.92 Å². The van der Waals surface area contributed by atoms with E-state index in [9.17, 15) is 5.11 Å². The molecule has 0 fully saturated rings. The Morgan fingerprint density at radius 3 is 2.48 bits per heavy atom. The van der Waals surface area contributed by atoms with Crippen LogP contribution in [0.25, 0.3) is 11.0 Å². The van der Waals surface area contributed by atoms with Gasteiger partial charge in [0.1, 0.15) is 11.4 Å². The molecule has 5 heteroatoms. The van der Waals surface area contributed by atoms with Gasteiger partial charge in [-0.1, -0.05) is 51.7 Å². The maximum absolute atomic E-state index is 10.3. The second-order valence-electron chi connectivity index (χ2n) is 7.67. The van der Waals surface area contributed by atoms with E-state index in [0.29, 0.717) is 6.42 Å². The standard InChI is InChI=1S/C22H26N2O2.C2H7N.C2H6/c1-6-8-9-15(7-2)10-17-14(3)23-18-11-16-12-21(25)22(4,5)26-20(16)13-19(18)24-17;1-2-3;1-2/h6-9,11,13,21,25H,1,10,12H2,2-5H3;2-3H2,1H3;1-2H3/b9-8-,15-7+;;/t21-;;/m1../s1. The quantitative estimate of drug-likeness (QED) is 0.655. The van der Waals surface area contributed by atoms with Gasteiger partial charge in [-0.3, -0.25) is 0 Å². The van der Waals surface area contributed by atoms with Gasteiger partial charge in [-0.2, -0.15) is 0 Å². The van der Waals surface area contributed by atoms with E-state index in [2.05, 4.69) is 12.7 Å². The Morgan fingerprint density at radius 2 is 1.90 bits per heavy atom. The van der Waals surface area contributed by atoms with Crippen molar-refractivity contribution >= 4 is 11.0 Å². The van der Waals surface area contributed by atoms with E-state index < -0.39 is 11.7 Å². The molecule has 5 nitrogen and oxygen atoms in total. The van der Waals surface area contributed by atoms with E-state index in [1.165, 1.54) is 5.57 Å². The summed E-state index contributed by atoms with van der Waals surface area (Å²) in [5.41, 5.74) is 9.92. The van der Waals surface area contributed by atoms with Crippen LogP contribution in [0.1, 0.15) is 58.5 Å². The fourth-order valence-electron chi connectivity index (χ4n) is 3.12. The lowest BCUT2D eigenvalue weighted by molar-refractivity contribution is -0.0410. The Kier molecular flexibility index (Phi) is 10.6. The van der Waals surface area contributed by atoms with E-state index in [0.717, 1.165) is 46.7 Å². The summed E-state index contributed by atoms with van der Waals surface area (Å²) in [5.74, 6) is 0.787. The maximum Gasteiger partial charge on any atom is 0.129 e. The predicted octanol–water partition coefficient (Wildman–Crippen LogP) is 5.23. The van der Waals surface area contributed by atoms with Crippen molar-refractivity contribution in [3.8, 4) is 5.75 Å². The normalized spacial score (nSPS) is 17.1. The minimum atomic E-state index is -0.602. The van der Waals surface area contributed by atoms with Gasteiger partial charge in [0.15, 0.2) is 0 Å². The van der Waals surface area contributed by atoms with Gasteiger partial charge in [0.2, 0.25) is 0 Å². The number of ether oxygens (including phenoxy) is 1. The molecule has 0 radical (unpaired) electrons. The molecule has 0 aliphatic carbocycles. The molecule has 0 spiro atoms. The molecule has 1 aliphatic rings. The summed E-state index contributed by atoms with van der Waals surface area (Å²) in [6, 6.07) is 3.93. The first-order chi connectivity index (χ1) is 14.7. The molecule has 0 bridgehead atoms. The van der Waals surface area contributed by atoms with Crippen molar-refractivity contribution in [1.29, 1.82) is 0 Å². The van der Waals surface area contributed by atoms with E-state index in [1.54, 1.807) is 6.08 Å². The molecule has 1 aromatic heterocycles. The molecule has 0 saturated carbocycles. The van der Waals surface area contributed by atoms with Crippen LogP contribution in [0.2, 0.25) is 0 Å². The van der Waals surface area contributed by atoms with Crippen LogP contribution in [-0.4, -0.2) is 33.3 Å². The van der Waals surface area contributed by atoms with Gasteiger partial charge in [0.05, 0.1) is 28.5 Å². The van der Waals surface area contributed by atoms with E-state index in [4.69, 9.17) is 20.4 Å². The Hall–Kier alpha value is -2.50. The Balaban J connectivity index is 0.000000884. The highest BCUT2D eigenvalue weighted by Gasteiger charge is 2.35. The number of aryl methyl sites for hydroxylation is 1. The van der Waals surface area contributed by atoms with Crippen molar-refractivity contribution in [2.24, 2.45) is 5.73 Å². The van der Waals surface area contributed by atoms with Crippen LogP contribution < -0.4 is 10.5 Å². The van der Waals surface area contributed by atoms with Gasteiger partial charge in [0.25, 0.3) is 0 Å². The lowest BCUT2D eigenvalue weighted by Crippen LogP contribution is -2.46. The minimum Gasteiger partial charge on any atom is -0.485 e. The molecule has 0 unspecified atom stereocenters. The van der Waals surface area contributed by atoms with Crippen molar-refractivity contribution in [2.75, 3.05) is 6.54 Å². The van der Waals surface area contributed by atoms with Crippen molar-refractivity contribution in [3.05, 3.63) is 65.5 Å². The third-order valence-electron chi connectivity index (χ3n) is 4.90. The number of rotatable bonds is 4. The number of nitrogens with zero attached hydrogens (tertiary/aromatic N) is 2. The lowest BCUT2D eigenvalue weighted by atomic mass is 9.91. The van der Waals surface area contributed by atoms with Crippen molar-refractivity contribution < 1.29 is 9.84 Å². The first kappa shape index (κ1) is 26.5. The van der Waals surface area contributed by atoms with Gasteiger partial charge < -0.3 is 15.6 Å². The Morgan fingerprint density at radius 1 is 1.29 bits per heavy atom. The fraction of sp³-hybridized carbons (Fsp3) is 0.462. The van der Waals surface area contributed by atoms with Gasteiger partial charge in [-0.15, -0.1) is 0 Å². The predicted molar refractivity (Wildman–Crippen MR) is 132 cm³/mol. The number of hydrogen-bond donors (Lipinski definition) is 2. The third-order valence-corrected chi connectivity index (χ3v) is 4.90. The van der Waals surface area contributed by atoms with Crippen LogP contribution in [0.5, 0.6) is 5.75 Å². The van der Waals surface area contributed by atoms with Crippen LogP contribution >= 0.6 is 0 Å². The smallest absolute Gasteiger partial charge is 0.129 e. The molecule has 2 aromatic rings. The molecule has 1 atom stereocenters. The zero-order valence-corrected chi connectivity index (χ0v) is 20.2. The lowest BCUT2D eigenvalue weighted by Gasteiger charge is -2.37. The zero-order valence-electron chi connectivity index (χ0n) is 20.2. The van der Waals surface area contributed by atoms with Crippen molar-refractivity contribution in [3.63, 3.8) is 0 Å². The average molecular weight is 426 g/mol. The number of nitrogens with two attached hydrogens (primary N) is 1. The number of aromatic nitrogens is 2. The number of allylic oxidation sites excluding steroid dienone is 5. The summed E-state index contributed by atoms with van der Waals surface area (Å²) in [4.78, 5) is 9.58. The summed E-state index contributed by atoms with van der Waals surface area (Å²) in [5, 5.41) is 10.3. The number of benzene rings is 1. The molecular formula is C26H39N3O2. The van der Waals surface area contributed by atoms with E-state index in [-0.39, 0.29) is 0 Å². The molecule has 1 aromatic carbocycles. The van der Waals surface area contributed by atoms with Gasteiger partial charge in [0, 0.05) is 18.9 Å². The molecule has 0 saturated heterocycles. The Bertz CT molecular complexity index is 930. The van der Waals surface area contributed by atoms with Crippen molar-refractivity contribution in [2.45, 2.75) is 73.0 Å². The van der Waals surface area contributed by atoms with Crippen LogP contribution in [0.4, 0.5) is 0 Å². The first-order valence-corrected chi connectivity index (χ1v) is 11.1. The zero-order chi connectivity index (χ0) is 23.6. The second kappa shape index (κ2) is 12.4. The molecule has 31 heavy (non-hydrogen) atoms. The highest BCUT2D eigenvalue weighted by atomic mass is 16.5. The van der Waals surface area contributed by atoms with Gasteiger partial charge in [-0.25, -0.2) is 9.97 Å². The summed E-state index contributed by atoms with van der Waals surface area (Å²) in [6.07, 6.45) is 8.56. The third kappa shape index (κ3) is 7.01. The number of aliphatic hydroxyl groups excluding tert-OH is 1. The van der Waals surface area contributed by atoms with E-state index in [1.807, 2.05) is 72.8 Å². The van der Waals surface area contributed by atoms with Crippen LogP contribution in [0.3, 0.4) is 0 Å². The number of hydrogen-bond acceptors (Lipinski definition) is 5. The maximum atomic E-state index is 10.3. The molecule has 3 N–H and O–H groups in total. The molecule has 2 heterocycles. The van der Waals surface area contributed by atoms with Gasteiger partial charge >= 0.3 is 0 Å². The van der Waals surface area contributed by atoms with Crippen LogP contribution in [0.15, 0.2) is 48.6 Å². The summed E-state index contributed by atoms with van der Waals surface area (Å²) >= 11 is 0. The second-order valence-corrected chi connectivity index (χ2v) is 7.67. The molecule has 0 amide bonds. The number of aliphatic hydroxyl groups is 1. The molecule has 170 valence electrons. The summed E-state index contributed by atoms with van der Waals surface area (Å²) < 4.78 is 6.01. The first-order valence-electron chi connectivity index (χ1n) is 11.1. The Labute approximate surface area is 187 Å². The fourth-order valence-corrected chi connectivity index (χ4v) is 3.12. The topological polar surface area (TPSA) is 81.3 Å². The van der Waals surface area contributed by atoms with Gasteiger partial charge in [-0.05, 0) is 51.4 Å². The monoisotopic (exact) mass is 425 g/mol. The van der Waals surface area contributed by atoms with E-state index >= 15 is 0 Å². The average Bonchev–Trinajstić information content (AvgIpc) is 2.73. The van der Waals surface area contributed by atoms with Crippen LogP contribution in [-0.2, 0) is 12.8 Å². The summed E-state index contributed by atoms with van der Waals surface area (Å²) in [7, 11) is 0. The SMILES string of the molecule is C=C/C=C\C(=C/C)Cc1nc2cc3c(cc2nc1C)C[C@@H](O)C(C)(C)O3.CC.CCN. The molecular weight excluding hydrogens is 386 g/mol. The van der Waals surface area contributed by atoms with Crippen molar-refractivity contribution in [1.82, 2.24) is 9.97 Å². The largest absolute Gasteiger partial charge is 0.485 e.